The molecule has 1 aliphatic heterocycles. The number of aliphatic carboxylic acids is 1. The Kier molecular flexibility index (Phi) is 6.70. The SMILES string of the molecule is O=C(O)C1OC(Oc2ccc(NC(=S)Nc3ccc(O)cc3)cc2)C(O)C(O)C1O. The molecule has 0 bridgehead atoms. The lowest BCUT2D eigenvalue weighted by molar-refractivity contribution is -0.271. The third-order valence-corrected chi connectivity index (χ3v) is 4.51. The van der Waals surface area contributed by atoms with Crippen LogP contribution in [-0.4, -0.2) is 67.3 Å². The molecular formula is C19H20N2O8S. The fraction of sp³-hybridized carbons (Fsp3) is 0.263. The molecule has 1 aliphatic rings. The summed E-state index contributed by atoms with van der Waals surface area (Å²) in [7, 11) is 0. The van der Waals surface area contributed by atoms with E-state index in [-0.39, 0.29) is 11.5 Å². The van der Waals surface area contributed by atoms with Crippen molar-refractivity contribution in [2.24, 2.45) is 0 Å². The van der Waals surface area contributed by atoms with Crippen LogP contribution in [0.25, 0.3) is 0 Å². The molecule has 3 rings (SSSR count). The summed E-state index contributed by atoms with van der Waals surface area (Å²) in [5.74, 6) is -1.12. The van der Waals surface area contributed by atoms with Gasteiger partial charge in [-0.05, 0) is 60.7 Å². The highest BCUT2D eigenvalue weighted by molar-refractivity contribution is 7.80. The first-order chi connectivity index (χ1) is 14.2. The van der Waals surface area contributed by atoms with Crippen LogP contribution < -0.4 is 15.4 Å². The summed E-state index contributed by atoms with van der Waals surface area (Å²) >= 11 is 5.22. The maximum atomic E-state index is 11.1. The smallest absolute Gasteiger partial charge is 0.335 e. The summed E-state index contributed by atoms with van der Waals surface area (Å²) in [5.41, 5.74) is 1.30. The van der Waals surface area contributed by atoms with Gasteiger partial charge in [0.05, 0.1) is 0 Å². The number of hydrogen-bond donors (Lipinski definition) is 7. The fourth-order valence-electron chi connectivity index (χ4n) is 2.74. The van der Waals surface area contributed by atoms with E-state index in [9.17, 15) is 25.2 Å². The van der Waals surface area contributed by atoms with Crippen molar-refractivity contribution in [2.75, 3.05) is 10.6 Å². The van der Waals surface area contributed by atoms with Crippen molar-refractivity contribution in [3.8, 4) is 11.5 Å². The summed E-state index contributed by atoms with van der Waals surface area (Å²) in [6.45, 7) is 0. The van der Waals surface area contributed by atoms with Gasteiger partial charge in [0.15, 0.2) is 11.2 Å². The Morgan fingerprint density at radius 2 is 1.43 bits per heavy atom. The lowest BCUT2D eigenvalue weighted by Gasteiger charge is -2.38. The maximum absolute atomic E-state index is 11.1. The molecule has 0 amide bonds. The number of aliphatic hydroxyl groups is 3. The van der Waals surface area contributed by atoms with Crippen LogP contribution in [0, 0.1) is 0 Å². The summed E-state index contributed by atoms with van der Waals surface area (Å²) in [4.78, 5) is 11.1. The molecule has 160 valence electrons. The van der Waals surface area contributed by atoms with Crippen molar-refractivity contribution >= 4 is 34.7 Å². The van der Waals surface area contributed by atoms with Gasteiger partial charge in [0, 0.05) is 11.4 Å². The van der Waals surface area contributed by atoms with Crippen molar-refractivity contribution < 1.29 is 39.8 Å². The molecule has 0 aromatic heterocycles. The number of rotatable bonds is 5. The number of carboxylic acids is 1. The monoisotopic (exact) mass is 436 g/mol. The standard InChI is InChI=1S/C19H20N2O8S/c22-11-5-1-9(2-6-11)20-19(30)21-10-3-7-12(8-4-10)28-18-15(25)13(23)14(24)16(29-18)17(26)27/h1-8,13-16,18,22-25H,(H,26,27)(H2,20,21,30). The van der Waals surface area contributed by atoms with E-state index in [1.54, 1.807) is 24.3 Å². The molecule has 7 N–H and O–H groups in total. The fourth-order valence-corrected chi connectivity index (χ4v) is 2.97. The minimum Gasteiger partial charge on any atom is -0.508 e. The molecule has 2 aromatic carbocycles. The normalized spacial score (nSPS) is 25.9. The van der Waals surface area contributed by atoms with E-state index in [4.69, 9.17) is 26.8 Å². The van der Waals surface area contributed by atoms with Gasteiger partial charge in [0.25, 0.3) is 0 Å². The Morgan fingerprint density at radius 1 is 0.900 bits per heavy atom. The highest BCUT2D eigenvalue weighted by atomic mass is 32.1. The molecule has 2 aromatic rings. The molecule has 10 nitrogen and oxygen atoms in total. The molecule has 30 heavy (non-hydrogen) atoms. The van der Waals surface area contributed by atoms with Gasteiger partial charge in [0.1, 0.15) is 29.8 Å². The second-order valence-electron chi connectivity index (χ2n) is 6.50. The number of benzene rings is 2. The second kappa shape index (κ2) is 9.24. The second-order valence-corrected chi connectivity index (χ2v) is 6.91. The third-order valence-electron chi connectivity index (χ3n) is 4.30. The van der Waals surface area contributed by atoms with Gasteiger partial charge in [-0.2, -0.15) is 0 Å². The quantitative estimate of drug-likeness (QED) is 0.258. The predicted molar refractivity (Wildman–Crippen MR) is 109 cm³/mol. The Bertz CT molecular complexity index is 892. The first-order valence-electron chi connectivity index (χ1n) is 8.81. The molecule has 5 atom stereocenters. The number of ether oxygens (including phenoxy) is 2. The van der Waals surface area contributed by atoms with Gasteiger partial charge in [-0.1, -0.05) is 0 Å². The number of thiocarbonyl (C=S) groups is 1. The van der Waals surface area contributed by atoms with Crippen LogP contribution in [-0.2, 0) is 9.53 Å². The number of carbonyl (C=O) groups is 1. The highest BCUT2D eigenvalue weighted by Crippen LogP contribution is 2.25. The third kappa shape index (κ3) is 5.14. The number of anilines is 2. The van der Waals surface area contributed by atoms with Crippen molar-refractivity contribution in [1.29, 1.82) is 0 Å². The number of phenols is 1. The van der Waals surface area contributed by atoms with E-state index in [0.717, 1.165) is 0 Å². The Labute approximate surface area is 176 Å². The zero-order valence-corrected chi connectivity index (χ0v) is 16.2. The van der Waals surface area contributed by atoms with Crippen LogP contribution in [0.4, 0.5) is 11.4 Å². The van der Waals surface area contributed by atoms with Gasteiger partial charge < -0.3 is 45.6 Å². The van der Waals surface area contributed by atoms with Crippen LogP contribution >= 0.6 is 12.2 Å². The summed E-state index contributed by atoms with van der Waals surface area (Å²) in [5, 5.41) is 54.1. The summed E-state index contributed by atoms with van der Waals surface area (Å²) in [6, 6.07) is 12.6. The average molecular weight is 436 g/mol. The topological polar surface area (TPSA) is 161 Å². The summed E-state index contributed by atoms with van der Waals surface area (Å²) < 4.78 is 10.5. The molecular weight excluding hydrogens is 416 g/mol. The first-order valence-corrected chi connectivity index (χ1v) is 9.21. The molecule has 1 heterocycles. The lowest BCUT2D eigenvalue weighted by atomic mass is 9.99. The molecule has 1 saturated heterocycles. The number of nitrogens with one attached hydrogen (secondary N) is 2. The zero-order chi connectivity index (χ0) is 21.8. The van der Waals surface area contributed by atoms with E-state index >= 15 is 0 Å². The zero-order valence-electron chi connectivity index (χ0n) is 15.4. The van der Waals surface area contributed by atoms with Gasteiger partial charge in [0.2, 0.25) is 6.29 Å². The average Bonchev–Trinajstić information content (AvgIpc) is 2.71. The van der Waals surface area contributed by atoms with Gasteiger partial charge in [-0.25, -0.2) is 4.79 Å². The number of aromatic hydroxyl groups is 1. The van der Waals surface area contributed by atoms with Gasteiger partial charge in [-0.3, -0.25) is 0 Å². The molecule has 0 spiro atoms. The number of aliphatic hydroxyl groups excluding tert-OH is 3. The van der Waals surface area contributed by atoms with E-state index in [0.29, 0.717) is 16.5 Å². The van der Waals surface area contributed by atoms with E-state index in [1.165, 1.54) is 24.3 Å². The largest absolute Gasteiger partial charge is 0.508 e. The Balaban J connectivity index is 1.59. The molecule has 11 heteroatoms. The van der Waals surface area contributed by atoms with Crippen LogP contribution in [0.2, 0.25) is 0 Å². The van der Waals surface area contributed by atoms with Crippen molar-refractivity contribution in [2.45, 2.75) is 30.7 Å². The van der Waals surface area contributed by atoms with Crippen molar-refractivity contribution in [3.05, 3.63) is 48.5 Å². The predicted octanol–water partition coefficient (Wildman–Crippen LogP) is 0.472. The molecule has 0 radical (unpaired) electrons. The van der Waals surface area contributed by atoms with E-state index in [2.05, 4.69) is 10.6 Å². The maximum Gasteiger partial charge on any atom is 0.335 e. The van der Waals surface area contributed by atoms with Crippen molar-refractivity contribution in [3.63, 3.8) is 0 Å². The van der Waals surface area contributed by atoms with Gasteiger partial charge >= 0.3 is 5.97 Å². The molecule has 0 saturated carbocycles. The first kappa shape index (κ1) is 21.7. The highest BCUT2D eigenvalue weighted by Gasteiger charge is 2.48. The molecule has 5 unspecified atom stereocenters. The van der Waals surface area contributed by atoms with E-state index < -0.39 is 36.7 Å². The number of hydrogen-bond acceptors (Lipinski definition) is 8. The number of carboxylic acid groups (broad SMARTS) is 1. The van der Waals surface area contributed by atoms with E-state index in [1.807, 2.05) is 0 Å². The van der Waals surface area contributed by atoms with Crippen LogP contribution in [0.3, 0.4) is 0 Å². The van der Waals surface area contributed by atoms with Crippen LogP contribution in [0.5, 0.6) is 11.5 Å². The minimum atomic E-state index is -1.79. The van der Waals surface area contributed by atoms with Crippen molar-refractivity contribution in [1.82, 2.24) is 0 Å². The Morgan fingerprint density at radius 3 is 1.97 bits per heavy atom. The molecule has 0 aliphatic carbocycles. The Hall–Kier alpha value is -2.96. The number of phenolic OH excluding ortho intramolecular Hbond substituents is 1. The lowest BCUT2D eigenvalue weighted by Crippen LogP contribution is -2.61. The molecule has 1 fully saturated rings. The van der Waals surface area contributed by atoms with Crippen LogP contribution in [0.15, 0.2) is 48.5 Å². The van der Waals surface area contributed by atoms with Crippen LogP contribution in [0.1, 0.15) is 0 Å². The summed E-state index contributed by atoms with van der Waals surface area (Å²) in [6.07, 6.45) is -8.39. The van der Waals surface area contributed by atoms with Gasteiger partial charge in [-0.15, -0.1) is 0 Å². The minimum absolute atomic E-state index is 0.138.